The van der Waals surface area contributed by atoms with Crippen molar-refractivity contribution in [3.63, 3.8) is 0 Å². The number of rotatable bonds is 2. The molecule has 2 nitrogen and oxygen atoms in total. The van der Waals surface area contributed by atoms with Gasteiger partial charge in [-0.2, -0.15) is 4.39 Å². The average molecular weight is 237 g/mol. The van der Waals surface area contributed by atoms with Crippen molar-refractivity contribution in [2.75, 3.05) is 0 Å². The summed E-state index contributed by atoms with van der Waals surface area (Å²) in [6.07, 6.45) is 1.28. The lowest BCUT2D eigenvalue weighted by Gasteiger charge is -2.05. The van der Waals surface area contributed by atoms with E-state index in [0.717, 1.165) is 0 Å². The number of hydrogen-bond donors (Lipinski definition) is 0. The van der Waals surface area contributed by atoms with Crippen LogP contribution in [0.25, 0.3) is 11.1 Å². The van der Waals surface area contributed by atoms with Gasteiger partial charge in [0.25, 0.3) is 0 Å². The lowest BCUT2D eigenvalue weighted by molar-refractivity contribution is 0.466. The van der Waals surface area contributed by atoms with Crippen molar-refractivity contribution in [1.82, 2.24) is 4.98 Å². The Bertz CT molecular complexity index is 499. The fourth-order valence-corrected chi connectivity index (χ4v) is 1.47. The van der Waals surface area contributed by atoms with E-state index in [1.54, 1.807) is 30.3 Å². The molecule has 0 aliphatic heterocycles. The number of halogens is 2. The predicted molar refractivity (Wildman–Crippen MR) is 60.6 cm³/mol. The number of aromatic nitrogens is 1. The number of nitrogens with zero attached hydrogens (tertiary/aromatic N) is 1. The van der Waals surface area contributed by atoms with E-state index in [1.165, 1.54) is 6.20 Å². The smallest absolute Gasteiger partial charge is 0.220 e. The van der Waals surface area contributed by atoms with E-state index in [-0.39, 0.29) is 0 Å². The van der Waals surface area contributed by atoms with Crippen LogP contribution in [0.3, 0.4) is 0 Å². The zero-order chi connectivity index (χ0) is 11.5. The van der Waals surface area contributed by atoms with E-state index in [4.69, 9.17) is 16.3 Å². The summed E-state index contributed by atoms with van der Waals surface area (Å²) in [4.78, 5) is 3.58. The second-order valence-electron chi connectivity index (χ2n) is 3.16. The maximum atomic E-state index is 13.5. The largest absolute Gasteiger partial charge is 0.488 e. The third-order valence-corrected chi connectivity index (χ3v) is 2.39. The molecule has 0 atom stereocenters. The van der Waals surface area contributed by atoms with Crippen LogP contribution in [0.1, 0.15) is 0 Å². The first-order valence-corrected chi connectivity index (χ1v) is 4.92. The highest BCUT2D eigenvalue weighted by molar-refractivity contribution is 6.30. The van der Waals surface area contributed by atoms with Gasteiger partial charge < -0.3 is 4.74 Å². The molecule has 1 heterocycles. The molecule has 0 bridgehead atoms. The van der Waals surface area contributed by atoms with Crippen LogP contribution in [0.2, 0.25) is 5.02 Å². The Balaban J connectivity index is 2.50. The van der Waals surface area contributed by atoms with Crippen molar-refractivity contribution < 1.29 is 9.13 Å². The average Bonchev–Trinajstić information content (AvgIpc) is 2.31. The van der Waals surface area contributed by atoms with Crippen LogP contribution in [-0.2, 0) is 0 Å². The van der Waals surface area contributed by atoms with Crippen molar-refractivity contribution in [3.05, 3.63) is 54.6 Å². The van der Waals surface area contributed by atoms with Gasteiger partial charge in [0.2, 0.25) is 5.95 Å². The maximum absolute atomic E-state index is 13.5. The third kappa shape index (κ3) is 2.14. The van der Waals surface area contributed by atoms with E-state index in [9.17, 15) is 4.39 Å². The van der Waals surface area contributed by atoms with Crippen LogP contribution in [0.4, 0.5) is 4.39 Å². The number of hydrogen-bond acceptors (Lipinski definition) is 2. The SMILES string of the molecule is [CH2]Oc1cnc(F)c(-c2ccc(Cl)cc2)c1. The molecule has 81 valence electrons. The van der Waals surface area contributed by atoms with E-state index >= 15 is 0 Å². The van der Waals surface area contributed by atoms with Crippen molar-refractivity contribution in [3.8, 4) is 16.9 Å². The standard InChI is InChI=1S/C12H8ClFNO/c1-16-10-6-11(12(14)15-7-10)8-2-4-9(13)5-3-8/h2-7H,1H2. The molecule has 1 aromatic heterocycles. The van der Waals surface area contributed by atoms with Crippen LogP contribution in [0.15, 0.2) is 36.5 Å². The number of benzene rings is 1. The molecule has 0 amide bonds. The van der Waals surface area contributed by atoms with Crippen LogP contribution in [-0.4, -0.2) is 4.98 Å². The topological polar surface area (TPSA) is 22.1 Å². The zero-order valence-corrected chi connectivity index (χ0v) is 9.04. The van der Waals surface area contributed by atoms with Gasteiger partial charge in [-0.05, 0) is 23.8 Å². The van der Waals surface area contributed by atoms with Gasteiger partial charge in [-0.1, -0.05) is 23.7 Å². The molecular weight excluding hydrogens is 229 g/mol. The molecule has 0 saturated heterocycles. The summed E-state index contributed by atoms with van der Waals surface area (Å²) < 4.78 is 18.2. The molecule has 2 aromatic rings. The van der Waals surface area contributed by atoms with E-state index in [0.29, 0.717) is 21.9 Å². The summed E-state index contributed by atoms with van der Waals surface area (Å²) in [7, 11) is 3.25. The molecule has 0 aliphatic carbocycles. The summed E-state index contributed by atoms with van der Waals surface area (Å²) >= 11 is 5.75. The van der Waals surface area contributed by atoms with Crippen molar-refractivity contribution in [2.45, 2.75) is 0 Å². The minimum Gasteiger partial charge on any atom is -0.488 e. The fraction of sp³-hybridized carbons (Fsp3) is 0. The Morgan fingerprint density at radius 3 is 2.56 bits per heavy atom. The monoisotopic (exact) mass is 236 g/mol. The Kier molecular flexibility index (Phi) is 3.06. The van der Waals surface area contributed by atoms with E-state index in [1.807, 2.05) is 0 Å². The first-order valence-electron chi connectivity index (χ1n) is 4.54. The van der Waals surface area contributed by atoms with Crippen LogP contribution >= 0.6 is 11.6 Å². The highest BCUT2D eigenvalue weighted by atomic mass is 35.5. The van der Waals surface area contributed by atoms with Crippen LogP contribution in [0, 0.1) is 13.1 Å². The zero-order valence-electron chi connectivity index (χ0n) is 8.28. The Morgan fingerprint density at radius 1 is 1.25 bits per heavy atom. The van der Waals surface area contributed by atoms with Crippen molar-refractivity contribution >= 4 is 11.6 Å². The van der Waals surface area contributed by atoms with Crippen LogP contribution < -0.4 is 4.74 Å². The van der Waals surface area contributed by atoms with E-state index in [2.05, 4.69) is 12.1 Å². The highest BCUT2D eigenvalue weighted by Crippen LogP contribution is 2.26. The van der Waals surface area contributed by atoms with Crippen molar-refractivity contribution in [1.29, 1.82) is 0 Å². The lowest BCUT2D eigenvalue weighted by atomic mass is 10.1. The second-order valence-corrected chi connectivity index (χ2v) is 3.60. The molecule has 16 heavy (non-hydrogen) atoms. The molecule has 0 unspecified atom stereocenters. The first-order chi connectivity index (χ1) is 7.70. The lowest BCUT2D eigenvalue weighted by Crippen LogP contribution is -1.90. The molecule has 0 saturated carbocycles. The molecule has 0 aliphatic rings. The summed E-state index contributed by atoms with van der Waals surface area (Å²) in [6, 6.07) is 8.35. The van der Waals surface area contributed by atoms with Gasteiger partial charge in [0.15, 0.2) is 0 Å². The van der Waals surface area contributed by atoms with Gasteiger partial charge in [0, 0.05) is 10.6 Å². The van der Waals surface area contributed by atoms with E-state index < -0.39 is 5.95 Å². The highest BCUT2D eigenvalue weighted by Gasteiger charge is 2.07. The third-order valence-electron chi connectivity index (χ3n) is 2.14. The van der Waals surface area contributed by atoms with Crippen molar-refractivity contribution in [2.24, 2.45) is 0 Å². The predicted octanol–water partition coefficient (Wildman–Crippen LogP) is 3.71. The Morgan fingerprint density at radius 2 is 1.94 bits per heavy atom. The maximum Gasteiger partial charge on any atom is 0.220 e. The molecule has 0 spiro atoms. The Labute approximate surface area is 97.7 Å². The summed E-state index contributed by atoms with van der Waals surface area (Å²) in [6.45, 7) is 0. The minimum absolute atomic E-state index is 0.359. The fourth-order valence-electron chi connectivity index (χ4n) is 1.34. The summed E-state index contributed by atoms with van der Waals surface area (Å²) in [5.74, 6) is -0.144. The number of ether oxygens (including phenoxy) is 1. The molecule has 1 radical (unpaired) electrons. The Hall–Kier alpha value is -1.61. The summed E-state index contributed by atoms with van der Waals surface area (Å²) in [5.41, 5.74) is 1.05. The summed E-state index contributed by atoms with van der Waals surface area (Å²) in [5, 5.41) is 0.599. The van der Waals surface area contributed by atoms with Gasteiger partial charge in [-0.15, -0.1) is 0 Å². The molecule has 0 N–H and O–H groups in total. The minimum atomic E-state index is -0.553. The van der Waals surface area contributed by atoms with Gasteiger partial charge >= 0.3 is 0 Å². The molecular formula is C12H8ClFNO. The molecule has 0 fully saturated rings. The molecule has 2 rings (SSSR count). The van der Waals surface area contributed by atoms with Gasteiger partial charge in [0.1, 0.15) is 12.9 Å². The van der Waals surface area contributed by atoms with Crippen LogP contribution in [0.5, 0.6) is 5.75 Å². The number of pyridine rings is 1. The van der Waals surface area contributed by atoms with Gasteiger partial charge in [-0.3, -0.25) is 0 Å². The normalized spacial score (nSPS) is 10.2. The molecule has 4 heteroatoms. The first kappa shape index (κ1) is 10.9. The van der Waals surface area contributed by atoms with Gasteiger partial charge in [0.05, 0.1) is 6.20 Å². The quantitative estimate of drug-likeness (QED) is 0.742. The second kappa shape index (κ2) is 4.49. The molecule has 1 aromatic carbocycles. The van der Waals surface area contributed by atoms with Gasteiger partial charge in [-0.25, -0.2) is 4.98 Å².